The Kier molecular flexibility index (Phi) is 7.88. The summed E-state index contributed by atoms with van der Waals surface area (Å²) in [4.78, 5) is 23.7. The third-order valence-electron chi connectivity index (χ3n) is 3.11. The fraction of sp³-hybridized carbons (Fsp3) is 0.500. The van der Waals surface area contributed by atoms with E-state index in [2.05, 4.69) is 21.2 Å². The number of nitrogens with one attached hydrogen (secondary N) is 1. The first-order valence-electron chi connectivity index (χ1n) is 7.30. The zero-order valence-electron chi connectivity index (χ0n) is 13.8. The highest BCUT2D eigenvalue weighted by Gasteiger charge is 2.19. The molecule has 1 atom stereocenters. The van der Waals surface area contributed by atoms with Crippen molar-refractivity contribution >= 4 is 27.8 Å². The highest BCUT2D eigenvalue weighted by atomic mass is 79.9. The van der Waals surface area contributed by atoms with Crippen LogP contribution in [0.1, 0.15) is 25.8 Å². The summed E-state index contributed by atoms with van der Waals surface area (Å²) in [7, 11) is 3.06. The summed E-state index contributed by atoms with van der Waals surface area (Å²) in [5.74, 6) is 0.291. The van der Waals surface area contributed by atoms with Crippen LogP contribution in [0.15, 0.2) is 16.6 Å². The van der Waals surface area contributed by atoms with E-state index < -0.39 is 12.1 Å². The SMILES string of the molecule is CCCNC(=O)[C@H](C)OC(=O)Cc1cc(OC)c(OC)cc1Br. The van der Waals surface area contributed by atoms with Gasteiger partial charge in [0.05, 0.1) is 20.6 Å². The highest BCUT2D eigenvalue weighted by Crippen LogP contribution is 2.33. The van der Waals surface area contributed by atoms with E-state index in [4.69, 9.17) is 14.2 Å². The van der Waals surface area contributed by atoms with Gasteiger partial charge in [0.2, 0.25) is 0 Å². The van der Waals surface area contributed by atoms with Crippen LogP contribution in [-0.4, -0.2) is 38.7 Å². The quantitative estimate of drug-likeness (QED) is 0.693. The van der Waals surface area contributed by atoms with Gasteiger partial charge in [-0.25, -0.2) is 0 Å². The number of hydrogen-bond acceptors (Lipinski definition) is 5. The van der Waals surface area contributed by atoms with Gasteiger partial charge in [0, 0.05) is 11.0 Å². The first-order valence-corrected chi connectivity index (χ1v) is 8.09. The molecule has 1 N–H and O–H groups in total. The van der Waals surface area contributed by atoms with Crippen molar-refractivity contribution < 1.29 is 23.8 Å². The first-order chi connectivity index (χ1) is 10.9. The van der Waals surface area contributed by atoms with Gasteiger partial charge in [0.25, 0.3) is 5.91 Å². The molecule has 0 spiro atoms. The molecule has 0 aliphatic rings. The van der Waals surface area contributed by atoms with E-state index in [1.54, 1.807) is 19.1 Å². The van der Waals surface area contributed by atoms with Crippen LogP contribution in [0.5, 0.6) is 11.5 Å². The molecular formula is C16H22BrNO5. The van der Waals surface area contributed by atoms with Gasteiger partial charge in [-0.1, -0.05) is 22.9 Å². The second-order valence-corrected chi connectivity index (χ2v) is 5.75. The lowest BCUT2D eigenvalue weighted by atomic mass is 10.1. The molecule has 0 heterocycles. The number of carbonyl (C=O) groups excluding carboxylic acids is 2. The molecule has 0 saturated heterocycles. The topological polar surface area (TPSA) is 73.9 Å². The van der Waals surface area contributed by atoms with E-state index in [-0.39, 0.29) is 12.3 Å². The van der Waals surface area contributed by atoms with Crippen molar-refractivity contribution in [2.75, 3.05) is 20.8 Å². The second kappa shape index (κ2) is 9.39. The van der Waals surface area contributed by atoms with Gasteiger partial charge in [-0.3, -0.25) is 9.59 Å². The van der Waals surface area contributed by atoms with Gasteiger partial charge in [0.15, 0.2) is 17.6 Å². The summed E-state index contributed by atoms with van der Waals surface area (Å²) in [6.45, 7) is 4.06. The Bertz CT molecular complexity index is 562. The molecule has 6 nitrogen and oxygen atoms in total. The average Bonchev–Trinajstić information content (AvgIpc) is 2.53. The minimum absolute atomic E-state index is 0.0202. The van der Waals surface area contributed by atoms with E-state index >= 15 is 0 Å². The Balaban J connectivity index is 2.72. The Hall–Kier alpha value is -1.76. The lowest BCUT2D eigenvalue weighted by molar-refractivity contribution is -0.154. The molecule has 0 aromatic heterocycles. The van der Waals surface area contributed by atoms with Crippen molar-refractivity contribution in [2.24, 2.45) is 0 Å². The van der Waals surface area contributed by atoms with Crippen LogP contribution >= 0.6 is 15.9 Å². The lowest BCUT2D eigenvalue weighted by Gasteiger charge is -2.14. The van der Waals surface area contributed by atoms with E-state index in [1.165, 1.54) is 14.2 Å². The number of ether oxygens (including phenoxy) is 3. The van der Waals surface area contributed by atoms with Crippen molar-refractivity contribution in [3.8, 4) is 11.5 Å². The van der Waals surface area contributed by atoms with Crippen LogP contribution in [0, 0.1) is 0 Å². The standard InChI is InChI=1S/C16H22BrNO5/c1-5-6-18-16(20)10(2)23-15(19)8-11-7-13(21-3)14(22-4)9-12(11)17/h7,9-10H,5-6,8H2,1-4H3,(H,18,20)/t10-/m0/s1. The molecule has 1 rings (SSSR count). The van der Waals surface area contributed by atoms with Crippen LogP contribution < -0.4 is 14.8 Å². The van der Waals surface area contributed by atoms with Crippen molar-refractivity contribution in [3.63, 3.8) is 0 Å². The van der Waals surface area contributed by atoms with Crippen LogP contribution in [0.25, 0.3) is 0 Å². The second-order valence-electron chi connectivity index (χ2n) is 4.90. The van der Waals surface area contributed by atoms with Gasteiger partial charge < -0.3 is 19.5 Å². The Morgan fingerprint density at radius 2 is 1.83 bits per heavy atom. The van der Waals surface area contributed by atoms with Gasteiger partial charge in [-0.2, -0.15) is 0 Å². The summed E-state index contributed by atoms with van der Waals surface area (Å²) < 4.78 is 16.3. The summed E-state index contributed by atoms with van der Waals surface area (Å²) in [5.41, 5.74) is 0.689. The molecule has 0 aliphatic heterocycles. The number of benzene rings is 1. The van der Waals surface area contributed by atoms with Gasteiger partial charge in [-0.05, 0) is 31.0 Å². The number of methoxy groups -OCH3 is 2. The zero-order chi connectivity index (χ0) is 17.4. The lowest BCUT2D eigenvalue weighted by Crippen LogP contribution is -2.36. The summed E-state index contributed by atoms with van der Waals surface area (Å²) in [6.07, 6.45) is 0.0186. The summed E-state index contributed by atoms with van der Waals surface area (Å²) >= 11 is 3.39. The fourth-order valence-electron chi connectivity index (χ4n) is 1.87. The molecule has 128 valence electrons. The van der Waals surface area contributed by atoms with Gasteiger partial charge in [0.1, 0.15) is 0 Å². The fourth-order valence-corrected chi connectivity index (χ4v) is 2.33. The molecule has 0 saturated carbocycles. The van der Waals surface area contributed by atoms with E-state index in [1.807, 2.05) is 6.92 Å². The highest BCUT2D eigenvalue weighted by molar-refractivity contribution is 9.10. The molecule has 0 radical (unpaired) electrons. The number of esters is 1. The van der Waals surface area contributed by atoms with Crippen LogP contribution in [-0.2, 0) is 20.7 Å². The molecule has 0 bridgehead atoms. The van der Waals surface area contributed by atoms with Gasteiger partial charge >= 0.3 is 5.97 Å². The van der Waals surface area contributed by atoms with E-state index in [0.717, 1.165) is 6.42 Å². The number of hydrogen-bond donors (Lipinski definition) is 1. The van der Waals surface area contributed by atoms with Crippen LogP contribution in [0.3, 0.4) is 0 Å². The Morgan fingerprint density at radius 3 is 2.39 bits per heavy atom. The molecule has 7 heteroatoms. The zero-order valence-corrected chi connectivity index (χ0v) is 15.4. The van der Waals surface area contributed by atoms with Crippen molar-refractivity contribution in [2.45, 2.75) is 32.8 Å². The molecule has 1 aromatic carbocycles. The minimum atomic E-state index is -0.826. The molecule has 1 aromatic rings. The van der Waals surface area contributed by atoms with Gasteiger partial charge in [-0.15, -0.1) is 0 Å². The van der Waals surface area contributed by atoms with Crippen molar-refractivity contribution in [1.82, 2.24) is 5.32 Å². The molecular weight excluding hydrogens is 366 g/mol. The predicted octanol–water partition coefficient (Wildman–Crippen LogP) is 2.47. The largest absolute Gasteiger partial charge is 0.493 e. The Labute approximate surface area is 144 Å². The predicted molar refractivity (Wildman–Crippen MR) is 89.8 cm³/mol. The molecule has 23 heavy (non-hydrogen) atoms. The molecule has 0 fully saturated rings. The molecule has 0 unspecified atom stereocenters. The Morgan fingerprint density at radius 1 is 1.22 bits per heavy atom. The number of halogens is 1. The number of amides is 1. The number of rotatable bonds is 8. The average molecular weight is 388 g/mol. The first kappa shape index (κ1) is 19.3. The monoisotopic (exact) mass is 387 g/mol. The van der Waals surface area contributed by atoms with Crippen LogP contribution in [0.2, 0.25) is 0 Å². The van der Waals surface area contributed by atoms with Crippen molar-refractivity contribution in [3.05, 3.63) is 22.2 Å². The third kappa shape index (κ3) is 5.74. The van der Waals surface area contributed by atoms with Crippen LogP contribution in [0.4, 0.5) is 0 Å². The summed E-state index contributed by atoms with van der Waals surface area (Å²) in [5, 5.41) is 2.68. The minimum Gasteiger partial charge on any atom is -0.493 e. The molecule has 0 aliphatic carbocycles. The molecule has 1 amide bonds. The number of carbonyl (C=O) groups is 2. The maximum absolute atomic E-state index is 12.0. The van der Waals surface area contributed by atoms with Crippen molar-refractivity contribution in [1.29, 1.82) is 0 Å². The summed E-state index contributed by atoms with van der Waals surface area (Å²) in [6, 6.07) is 3.42. The van der Waals surface area contributed by atoms with E-state index in [0.29, 0.717) is 28.1 Å². The normalized spacial score (nSPS) is 11.5. The third-order valence-corrected chi connectivity index (χ3v) is 3.85. The smallest absolute Gasteiger partial charge is 0.311 e. The maximum Gasteiger partial charge on any atom is 0.311 e. The van der Waals surface area contributed by atoms with E-state index in [9.17, 15) is 9.59 Å². The maximum atomic E-state index is 12.0.